The first-order chi connectivity index (χ1) is 17.0. The summed E-state index contributed by atoms with van der Waals surface area (Å²) in [4.78, 5) is 26.6. The number of benzene rings is 3. The van der Waals surface area contributed by atoms with Crippen molar-refractivity contribution in [3.8, 4) is 11.1 Å². The summed E-state index contributed by atoms with van der Waals surface area (Å²) in [5, 5.41) is 5.37. The smallest absolute Gasteiger partial charge is 0.312 e. The molecule has 1 atom stereocenters. The molecule has 35 heavy (non-hydrogen) atoms. The van der Waals surface area contributed by atoms with Gasteiger partial charge in [0.15, 0.2) is 0 Å². The topological polar surface area (TPSA) is 87.5 Å². The molecule has 1 saturated heterocycles. The van der Waals surface area contributed by atoms with Crippen LogP contribution in [0.1, 0.15) is 42.0 Å². The van der Waals surface area contributed by atoms with Crippen molar-refractivity contribution in [1.82, 2.24) is 15.5 Å². The van der Waals surface area contributed by atoms with Crippen LogP contribution in [0.4, 0.5) is 9.18 Å². The highest BCUT2D eigenvalue weighted by Crippen LogP contribution is 2.25. The van der Waals surface area contributed by atoms with E-state index in [-0.39, 0.29) is 17.9 Å². The quantitative estimate of drug-likeness (QED) is 0.427. The molecule has 182 valence electrons. The zero-order chi connectivity index (χ0) is 24.6. The largest absolute Gasteiger partial charge is 0.352 e. The lowest BCUT2D eigenvalue weighted by Crippen LogP contribution is -2.37. The van der Waals surface area contributed by atoms with Gasteiger partial charge in [-0.15, -0.1) is 0 Å². The van der Waals surface area contributed by atoms with E-state index in [1.54, 1.807) is 12.1 Å². The number of amides is 3. The summed E-state index contributed by atoms with van der Waals surface area (Å²) < 4.78 is 14.2. The average Bonchev–Trinajstić information content (AvgIpc) is 3.36. The van der Waals surface area contributed by atoms with Gasteiger partial charge in [0.2, 0.25) is 5.91 Å². The molecule has 0 saturated carbocycles. The van der Waals surface area contributed by atoms with E-state index in [1.165, 1.54) is 30.5 Å². The summed E-state index contributed by atoms with van der Waals surface area (Å²) in [7, 11) is 0. The Kier molecular flexibility index (Phi) is 8.11. The fourth-order valence-electron chi connectivity index (χ4n) is 4.56. The molecule has 0 aliphatic carbocycles. The average molecular weight is 475 g/mol. The van der Waals surface area contributed by atoms with Gasteiger partial charge >= 0.3 is 6.03 Å². The maximum atomic E-state index is 14.2. The molecular weight excluding hydrogens is 443 g/mol. The number of urea groups is 1. The molecule has 0 bridgehead atoms. The Morgan fingerprint density at radius 3 is 2.34 bits per heavy atom. The van der Waals surface area contributed by atoms with E-state index in [2.05, 4.69) is 39.8 Å². The molecule has 4 rings (SSSR count). The van der Waals surface area contributed by atoms with Crippen molar-refractivity contribution >= 4 is 11.9 Å². The molecule has 4 N–H and O–H groups in total. The van der Waals surface area contributed by atoms with E-state index < -0.39 is 17.9 Å². The standard InChI is InChI=1S/C28H31FN4O2/c29-25-10-4-3-9-24(25)26(32-28(30)35)17-27(34)31-18-22-7-1-2-8-23(22)21-13-11-20(12-14-21)19-33-15-5-6-16-33/h1-4,7-14,26H,5-6,15-19H2,(H,31,34)(H3,30,32,35)/t26-/m1/s1. The summed E-state index contributed by atoms with van der Waals surface area (Å²) in [5.41, 5.74) is 9.86. The third kappa shape index (κ3) is 6.67. The summed E-state index contributed by atoms with van der Waals surface area (Å²) in [6.07, 6.45) is 2.42. The van der Waals surface area contributed by atoms with Crippen LogP contribution in [0.3, 0.4) is 0 Å². The Labute approximate surface area is 205 Å². The molecule has 3 aromatic rings. The van der Waals surface area contributed by atoms with Gasteiger partial charge in [-0.25, -0.2) is 9.18 Å². The first-order valence-corrected chi connectivity index (χ1v) is 12.0. The minimum absolute atomic E-state index is 0.128. The zero-order valence-corrected chi connectivity index (χ0v) is 19.7. The number of nitrogens with one attached hydrogen (secondary N) is 2. The fraction of sp³-hybridized carbons (Fsp3) is 0.286. The van der Waals surface area contributed by atoms with Gasteiger partial charge in [-0.3, -0.25) is 9.69 Å². The van der Waals surface area contributed by atoms with Crippen molar-refractivity contribution in [2.45, 2.75) is 38.4 Å². The summed E-state index contributed by atoms with van der Waals surface area (Å²) in [6, 6.07) is 20.8. The lowest BCUT2D eigenvalue weighted by molar-refractivity contribution is -0.121. The maximum absolute atomic E-state index is 14.2. The van der Waals surface area contributed by atoms with Crippen LogP contribution in [-0.4, -0.2) is 29.9 Å². The Hall–Kier alpha value is -3.71. The number of likely N-dealkylation sites (tertiary alicyclic amines) is 1. The van der Waals surface area contributed by atoms with Gasteiger partial charge in [-0.05, 0) is 54.3 Å². The Balaban J connectivity index is 1.41. The van der Waals surface area contributed by atoms with Crippen LogP contribution < -0.4 is 16.4 Å². The highest BCUT2D eigenvalue weighted by Gasteiger charge is 2.20. The Morgan fingerprint density at radius 2 is 1.63 bits per heavy atom. The van der Waals surface area contributed by atoms with E-state index in [1.807, 2.05) is 24.3 Å². The van der Waals surface area contributed by atoms with Crippen molar-refractivity contribution in [2.24, 2.45) is 5.73 Å². The molecule has 0 aromatic heterocycles. The molecule has 1 fully saturated rings. The Morgan fingerprint density at radius 1 is 0.943 bits per heavy atom. The van der Waals surface area contributed by atoms with Crippen LogP contribution in [0.5, 0.6) is 0 Å². The number of carbonyl (C=O) groups excluding carboxylic acids is 2. The summed E-state index contributed by atoms with van der Waals surface area (Å²) in [5.74, 6) is -0.819. The van der Waals surface area contributed by atoms with Crippen molar-refractivity contribution in [2.75, 3.05) is 13.1 Å². The highest BCUT2D eigenvalue weighted by molar-refractivity contribution is 5.79. The third-order valence-corrected chi connectivity index (χ3v) is 6.35. The van der Waals surface area contributed by atoms with Gasteiger partial charge in [0.25, 0.3) is 0 Å². The van der Waals surface area contributed by atoms with E-state index in [0.29, 0.717) is 6.54 Å². The molecule has 3 amide bonds. The number of hydrogen-bond donors (Lipinski definition) is 3. The van der Waals surface area contributed by atoms with E-state index in [9.17, 15) is 14.0 Å². The van der Waals surface area contributed by atoms with Crippen LogP contribution in [0.2, 0.25) is 0 Å². The molecule has 1 aliphatic rings. The maximum Gasteiger partial charge on any atom is 0.312 e. The predicted octanol–water partition coefficient (Wildman–Crippen LogP) is 4.50. The number of nitrogens with two attached hydrogens (primary N) is 1. The van der Waals surface area contributed by atoms with Gasteiger partial charge in [-0.2, -0.15) is 0 Å². The molecule has 1 aliphatic heterocycles. The summed E-state index contributed by atoms with van der Waals surface area (Å²) >= 11 is 0. The minimum atomic E-state index is -0.855. The van der Waals surface area contributed by atoms with Crippen molar-refractivity contribution in [3.05, 3.63) is 95.3 Å². The van der Waals surface area contributed by atoms with Gasteiger partial charge < -0.3 is 16.4 Å². The molecular formula is C28H31FN4O2. The summed E-state index contributed by atoms with van der Waals surface area (Å²) in [6.45, 7) is 3.61. The van der Waals surface area contributed by atoms with Gasteiger partial charge in [0.05, 0.1) is 12.5 Å². The van der Waals surface area contributed by atoms with Crippen LogP contribution in [0.15, 0.2) is 72.8 Å². The highest BCUT2D eigenvalue weighted by atomic mass is 19.1. The minimum Gasteiger partial charge on any atom is -0.352 e. The van der Waals surface area contributed by atoms with Crippen LogP contribution in [-0.2, 0) is 17.9 Å². The SMILES string of the molecule is NC(=O)N[C@H](CC(=O)NCc1ccccc1-c1ccc(CN2CCCC2)cc1)c1ccccc1F. The van der Waals surface area contributed by atoms with E-state index in [4.69, 9.17) is 5.73 Å². The van der Waals surface area contributed by atoms with Crippen LogP contribution >= 0.6 is 0 Å². The number of rotatable bonds is 9. The van der Waals surface area contributed by atoms with Crippen molar-refractivity contribution in [1.29, 1.82) is 0 Å². The molecule has 7 heteroatoms. The van der Waals surface area contributed by atoms with Crippen LogP contribution in [0.25, 0.3) is 11.1 Å². The van der Waals surface area contributed by atoms with E-state index >= 15 is 0 Å². The first kappa shape index (κ1) is 24.4. The second kappa shape index (κ2) is 11.6. The fourth-order valence-corrected chi connectivity index (χ4v) is 4.56. The van der Waals surface area contributed by atoms with Gasteiger partial charge in [0, 0.05) is 18.7 Å². The predicted molar refractivity (Wildman–Crippen MR) is 135 cm³/mol. The third-order valence-electron chi connectivity index (χ3n) is 6.35. The second-order valence-corrected chi connectivity index (χ2v) is 8.90. The number of halogens is 1. The normalized spacial score (nSPS) is 14.4. The molecule has 3 aromatic carbocycles. The van der Waals surface area contributed by atoms with Crippen molar-refractivity contribution in [3.63, 3.8) is 0 Å². The number of primary amides is 1. The second-order valence-electron chi connectivity index (χ2n) is 8.90. The molecule has 1 heterocycles. The first-order valence-electron chi connectivity index (χ1n) is 12.0. The number of hydrogen-bond acceptors (Lipinski definition) is 3. The van der Waals surface area contributed by atoms with Gasteiger partial charge in [0.1, 0.15) is 5.82 Å². The van der Waals surface area contributed by atoms with Gasteiger partial charge in [-0.1, -0.05) is 66.7 Å². The molecule has 0 unspecified atom stereocenters. The molecule has 0 spiro atoms. The monoisotopic (exact) mass is 474 g/mol. The Bertz CT molecular complexity index is 1160. The van der Waals surface area contributed by atoms with Crippen molar-refractivity contribution < 1.29 is 14.0 Å². The number of carbonyl (C=O) groups is 2. The lowest BCUT2D eigenvalue weighted by atomic mass is 9.98. The molecule has 6 nitrogen and oxygen atoms in total. The van der Waals surface area contributed by atoms with E-state index in [0.717, 1.165) is 36.3 Å². The lowest BCUT2D eigenvalue weighted by Gasteiger charge is -2.19. The molecule has 0 radical (unpaired) electrons. The number of nitrogens with zero attached hydrogens (tertiary/aromatic N) is 1. The zero-order valence-electron chi connectivity index (χ0n) is 19.7. The van der Waals surface area contributed by atoms with Crippen LogP contribution in [0, 0.1) is 5.82 Å².